The molecular formula is C36H60O29. The van der Waals surface area contributed by atoms with E-state index in [-0.39, 0.29) is 0 Å². The van der Waals surface area contributed by atoms with Crippen LogP contribution < -0.4 is 0 Å². The van der Waals surface area contributed by atoms with Crippen LogP contribution in [-0.2, 0) is 56.8 Å². The molecule has 22 rings (SSSR count). The molecular weight excluding hydrogens is 896 g/mol. The van der Waals surface area contributed by atoms with Crippen LogP contribution in [0.5, 0.6) is 0 Å². The van der Waals surface area contributed by atoms with Crippen LogP contribution in [0.15, 0.2) is 0 Å². The van der Waals surface area contributed by atoms with Crippen LogP contribution in [0.2, 0.25) is 0 Å². The average molecular weight is 957 g/mol. The van der Waals surface area contributed by atoms with Crippen LogP contribution in [0.3, 0.4) is 0 Å². The first-order valence-corrected chi connectivity index (χ1v) is 21.0. The van der Waals surface area contributed by atoms with Gasteiger partial charge in [-0.1, -0.05) is 0 Å². The van der Waals surface area contributed by atoms with Gasteiger partial charge in [0.25, 0.3) is 0 Å². The van der Waals surface area contributed by atoms with Gasteiger partial charge in [-0.05, 0) is 0 Å². The molecule has 29 atom stereocenters. The van der Waals surface area contributed by atoms with Gasteiger partial charge in [0.05, 0.1) is 45.7 Å². The van der Waals surface area contributed by atoms with E-state index in [0.29, 0.717) is 0 Å². The van der Waals surface area contributed by atoms with Gasteiger partial charge in [0.15, 0.2) is 37.7 Å². The third-order valence-electron chi connectivity index (χ3n) is 12.6. The van der Waals surface area contributed by atoms with Crippen molar-refractivity contribution in [3.63, 3.8) is 0 Å². The monoisotopic (exact) mass is 956 g/mol. The lowest BCUT2D eigenvalue weighted by atomic mass is 9.95. The van der Waals surface area contributed by atoms with E-state index in [1.54, 1.807) is 0 Å². The maximum absolute atomic E-state index is 11.2. The molecule has 0 saturated carbocycles. The molecule has 0 aromatic carbocycles. The fraction of sp³-hybridized carbons (Fsp3) is 1.00. The van der Waals surface area contributed by atoms with E-state index >= 15 is 0 Å². The lowest BCUT2D eigenvalue weighted by Crippen LogP contribution is -2.68. The molecule has 29 heteroatoms. The van der Waals surface area contributed by atoms with Crippen molar-refractivity contribution < 1.29 is 144 Å². The molecule has 22 aliphatic heterocycles. The number of hydrogen-bond donors (Lipinski definition) is 17. The van der Waals surface area contributed by atoms with Gasteiger partial charge in [-0.15, -0.1) is 0 Å². The Hall–Kier alpha value is -1.16. The highest BCUT2D eigenvalue weighted by Gasteiger charge is 2.58. The van der Waals surface area contributed by atoms with E-state index in [9.17, 15) is 86.8 Å². The summed E-state index contributed by atoms with van der Waals surface area (Å²) < 4.78 is 68.4. The number of hydrogen-bond acceptors (Lipinski definition) is 29. The van der Waals surface area contributed by atoms with Crippen molar-refractivity contribution >= 4 is 0 Å². The van der Waals surface area contributed by atoms with Crippen LogP contribution in [0.25, 0.3) is 0 Å². The van der Waals surface area contributed by atoms with E-state index in [1.807, 2.05) is 0 Å². The Morgan fingerprint density at radius 1 is 0.246 bits per heavy atom. The van der Waals surface area contributed by atoms with E-state index in [4.69, 9.17) is 56.8 Å². The maximum Gasteiger partial charge on any atom is 0.187 e. The zero-order chi connectivity index (χ0) is 47.2. The van der Waals surface area contributed by atoms with Crippen molar-refractivity contribution in [3.05, 3.63) is 0 Å². The largest absolute Gasteiger partial charge is 0.394 e. The molecule has 0 radical (unpaired) electrons. The molecule has 65 heavy (non-hydrogen) atoms. The minimum atomic E-state index is -2.13. The van der Waals surface area contributed by atoms with Crippen molar-refractivity contribution in [2.75, 3.05) is 39.6 Å². The lowest BCUT2D eigenvalue weighted by molar-refractivity contribution is -0.400. The van der Waals surface area contributed by atoms with Gasteiger partial charge in [0.2, 0.25) is 0 Å². The van der Waals surface area contributed by atoms with Crippen molar-refractivity contribution in [2.24, 2.45) is 0 Å². The molecule has 0 amide bonds. The quantitative estimate of drug-likeness (QED) is 0.118. The smallest absolute Gasteiger partial charge is 0.187 e. The minimum Gasteiger partial charge on any atom is -0.394 e. The summed E-state index contributed by atoms with van der Waals surface area (Å²) in [5.41, 5.74) is 0. The van der Waals surface area contributed by atoms with E-state index in [1.165, 1.54) is 0 Å². The SMILES string of the molecule is OCC1O[C@@H]2O[C@@H]3C(CO)O[C@H](O[C@@H]4C(CO)O[C@@H](O[C@@H]5C(CO)O[C@@H](O[C@@H]6C(CO)O[C@H](O[C@H]7C(O)C[C@H](OC7CO)O[C@H]1C(O)C2O)C(O)C6O)C(O)C5O)C(O)C4O)C(O)C3O. The van der Waals surface area contributed by atoms with Gasteiger partial charge in [-0.3, -0.25) is 0 Å². The van der Waals surface area contributed by atoms with Gasteiger partial charge >= 0.3 is 0 Å². The fourth-order valence-corrected chi connectivity index (χ4v) is 8.93. The summed E-state index contributed by atoms with van der Waals surface area (Å²) in [6.45, 7) is -5.67. The Labute approximate surface area is 367 Å². The minimum absolute atomic E-state index is 0.497. The van der Waals surface area contributed by atoms with Gasteiger partial charge in [-0.2, -0.15) is 0 Å². The van der Waals surface area contributed by atoms with E-state index < -0.39 is 224 Å². The van der Waals surface area contributed by atoms with Crippen LogP contribution >= 0.6 is 0 Å². The molecule has 29 nitrogen and oxygen atoms in total. The average Bonchev–Trinajstić information content (AvgIpc) is 3.30. The molecule has 12 bridgehead atoms. The molecule has 0 aromatic heterocycles. The maximum atomic E-state index is 11.2. The van der Waals surface area contributed by atoms with Gasteiger partial charge < -0.3 is 144 Å². The third kappa shape index (κ3) is 10.2. The predicted octanol–water partition coefficient (Wildman–Crippen LogP) is -12.0. The first-order chi connectivity index (χ1) is 31.0. The molecule has 378 valence electrons. The van der Waals surface area contributed by atoms with Crippen molar-refractivity contribution in [1.82, 2.24) is 0 Å². The van der Waals surface area contributed by atoms with Crippen LogP contribution in [-0.4, -0.2) is 305 Å². The Balaban J connectivity index is 1.18. The molecule has 17 N–H and O–H groups in total. The Bertz CT molecular complexity index is 1480. The second-order valence-corrected chi connectivity index (χ2v) is 16.7. The summed E-state index contributed by atoms with van der Waals surface area (Å²) in [4.78, 5) is 0. The number of rotatable bonds is 6. The summed E-state index contributed by atoms with van der Waals surface area (Å²) in [5, 5.41) is 184. The highest BCUT2D eigenvalue weighted by molar-refractivity contribution is 5.00. The van der Waals surface area contributed by atoms with Crippen molar-refractivity contribution in [2.45, 2.75) is 185 Å². The highest BCUT2D eigenvalue weighted by Crippen LogP contribution is 2.38. The Kier molecular flexibility index (Phi) is 17.4. The zero-order valence-electron chi connectivity index (χ0n) is 34.2. The molecule has 22 aliphatic rings. The Morgan fingerprint density at radius 2 is 0.462 bits per heavy atom. The van der Waals surface area contributed by atoms with E-state index in [0.717, 1.165) is 0 Å². The zero-order valence-corrected chi connectivity index (χ0v) is 34.2. The third-order valence-corrected chi connectivity index (χ3v) is 12.6. The molecule has 17 unspecified atom stereocenters. The lowest BCUT2D eigenvalue weighted by Gasteiger charge is -2.50. The van der Waals surface area contributed by atoms with Crippen LogP contribution in [0, 0.1) is 0 Å². The topological polar surface area (TPSA) is 455 Å². The summed E-state index contributed by atoms with van der Waals surface area (Å²) >= 11 is 0. The fourth-order valence-electron chi connectivity index (χ4n) is 8.93. The van der Waals surface area contributed by atoms with Crippen LogP contribution in [0.4, 0.5) is 0 Å². The van der Waals surface area contributed by atoms with Crippen molar-refractivity contribution in [1.29, 1.82) is 0 Å². The standard InChI is InChI=1S/C36H60O29/c37-2-9-26-8(43)1-15(54-9)60-27-10(3-38)55-33(21(49)16(27)44)62-29-12(5-40)57-35(23(51)18(29)46)64-31-14(7-42)59-36(25(53)20(31)48)65-30-13(6-41)58-34(24(52)19(30)47)63-28-11(4-39)56-32(61-26)22(50)17(28)45/h8-53H,1-7H2/t8?,9?,10?,11?,12?,13?,14?,15-,16?,17?,18?,19?,20?,21?,22?,23?,24?,25?,26+,27-,28-,29-,30-,31-,32-,33-,34+,35-,36+/m1/s1. The summed E-state index contributed by atoms with van der Waals surface area (Å²) in [6.07, 6.45) is -54.0. The molecule has 0 spiro atoms. The Morgan fingerprint density at radius 3 is 0.708 bits per heavy atom. The molecule has 22 saturated heterocycles. The molecule has 22 heterocycles. The van der Waals surface area contributed by atoms with Crippen LogP contribution in [0.1, 0.15) is 6.42 Å². The van der Waals surface area contributed by atoms with Crippen molar-refractivity contribution in [3.8, 4) is 0 Å². The molecule has 22 fully saturated rings. The van der Waals surface area contributed by atoms with E-state index in [2.05, 4.69) is 0 Å². The first kappa shape index (κ1) is 51.7. The predicted molar refractivity (Wildman–Crippen MR) is 194 cm³/mol. The van der Waals surface area contributed by atoms with Gasteiger partial charge in [0, 0.05) is 6.42 Å². The summed E-state index contributed by atoms with van der Waals surface area (Å²) in [5.74, 6) is 0. The van der Waals surface area contributed by atoms with Gasteiger partial charge in [0.1, 0.15) is 134 Å². The number of aliphatic hydroxyl groups is 17. The normalized spacial score (nSPS) is 54.9. The first-order valence-electron chi connectivity index (χ1n) is 21.0. The van der Waals surface area contributed by atoms with Gasteiger partial charge in [-0.25, -0.2) is 0 Å². The number of aliphatic hydroxyl groups excluding tert-OH is 17. The highest BCUT2D eigenvalue weighted by atomic mass is 16.8. The molecule has 0 aromatic rings. The number of ether oxygens (including phenoxy) is 12. The second-order valence-electron chi connectivity index (χ2n) is 16.7. The summed E-state index contributed by atoms with van der Waals surface area (Å²) in [7, 11) is 0. The summed E-state index contributed by atoms with van der Waals surface area (Å²) in [6, 6.07) is 0. The second kappa shape index (κ2) is 21.9. The molecule has 0 aliphatic carbocycles.